The number of hydrogen-bond acceptors (Lipinski definition) is 2. The predicted octanol–water partition coefficient (Wildman–Crippen LogP) is 5.74. The summed E-state index contributed by atoms with van der Waals surface area (Å²) in [6.45, 7) is 8.35. The number of ether oxygens (including phenoxy) is 1. The van der Waals surface area contributed by atoms with Crippen LogP contribution in [0.4, 0.5) is 0 Å². The second kappa shape index (κ2) is 13.2. The summed E-state index contributed by atoms with van der Waals surface area (Å²) in [7, 11) is 0. The van der Waals surface area contributed by atoms with Crippen LogP contribution in [0.15, 0.2) is 66.2 Å². The lowest BCUT2D eigenvalue weighted by Gasteiger charge is -2.08. The molecule has 0 aliphatic heterocycles. The second-order valence-electron chi connectivity index (χ2n) is 6.61. The fraction of sp³-hybridized carbons (Fsp3) is 0.320. The van der Waals surface area contributed by atoms with E-state index in [0.29, 0.717) is 13.0 Å². The van der Waals surface area contributed by atoms with E-state index in [1.165, 1.54) is 6.42 Å². The van der Waals surface area contributed by atoms with E-state index in [2.05, 4.69) is 25.7 Å². The van der Waals surface area contributed by atoms with E-state index in [9.17, 15) is 4.79 Å². The number of carboxylic acids is 1. The Morgan fingerprint density at radius 3 is 2.29 bits per heavy atom. The van der Waals surface area contributed by atoms with Gasteiger partial charge in [-0.25, -0.2) is 0 Å². The van der Waals surface area contributed by atoms with Gasteiger partial charge in [-0.3, -0.25) is 4.79 Å². The maximum absolute atomic E-state index is 10.9. The first kappa shape index (κ1) is 23.0. The summed E-state index contributed by atoms with van der Waals surface area (Å²) in [5.74, 6) is 5.80. The van der Waals surface area contributed by atoms with Crippen LogP contribution in [0.1, 0.15) is 45.2 Å². The minimum absolute atomic E-state index is 0.388. The SMILES string of the molecule is C/C(C#Cc1ccccc1)=C\COc1ccc(CC(C)C(=O)O)cc1.CCC. The number of hydrogen-bond donors (Lipinski definition) is 1. The highest BCUT2D eigenvalue weighted by atomic mass is 16.5. The molecule has 0 saturated carbocycles. The average molecular weight is 379 g/mol. The van der Waals surface area contributed by atoms with E-state index in [0.717, 1.165) is 22.4 Å². The van der Waals surface area contributed by atoms with Gasteiger partial charge in [0, 0.05) is 5.56 Å². The lowest BCUT2D eigenvalue weighted by Crippen LogP contribution is -2.12. The largest absolute Gasteiger partial charge is 0.490 e. The van der Waals surface area contributed by atoms with Crippen LogP contribution in [0, 0.1) is 17.8 Å². The molecule has 2 aromatic rings. The molecule has 1 N–H and O–H groups in total. The van der Waals surface area contributed by atoms with Gasteiger partial charge in [-0.05, 0) is 54.8 Å². The Morgan fingerprint density at radius 1 is 1.11 bits per heavy atom. The van der Waals surface area contributed by atoms with Gasteiger partial charge in [0.15, 0.2) is 0 Å². The molecule has 0 aliphatic rings. The molecule has 0 amide bonds. The zero-order chi connectivity index (χ0) is 20.8. The number of aliphatic carboxylic acids is 1. The molecule has 0 spiro atoms. The average Bonchev–Trinajstić information content (AvgIpc) is 2.69. The minimum Gasteiger partial charge on any atom is -0.490 e. The fourth-order valence-electron chi connectivity index (χ4n) is 2.17. The van der Waals surface area contributed by atoms with Crippen LogP contribution >= 0.6 is 0 Å². The summed E-state index contributed by atoms with van der Waals surface area (Å²) < 4.78 is 5.68. The zero-order valence-electron chi connectivity index (χ0n) is 17.2. The lowest BCUT2D eigenvalue weighted by molar-refractivity contribution is -0.141. The van der Waals surface area contributed by atoms with Crippen molar-refractivity contribution in [3.05, 3.63) is 77.4 Å². The number of carboxylic acid groups (broad SMARTS) is 1. The molecule has 0 fully saturated rings. The molecular weight excluding hydrogens is 348 g/mol. The lowest BCUT2D eigenvalue weighted by atomic mass is 10.0. The van der Waals surface area contributed by atoms with Crippen molar-refractivity contribution in [2.75, 3.05) is 6.61 Å². The molecule has 2 aromatic carbocycles. The topological polar surface area (TPSA) is 46.5 Å². The molecule has 0 radical (unpaired) electrons. The van der Waals surface area contributed by atoms with E-state index < -0.39 is 5.97 Å². The van der Waals surface area contributed by atoms with Crippen molar-refractivity contribution in [3.63, 3.8) is 0 Å². The molecule has 1 atom stereocenters. The van der Waals surface area contributed by atoms with Crippen LogP contribution < -0.4 is 4.74 Å². The second-order valence-corrected chi connectivity index (χ2v) is 6.61. The third-order valence-corrected chi connectivity index (χ3v) is 3.70. The van der Waals surface area contributed by atoms with Gasteiger partial charge in [0.2, 0.25) is 0 Å². The number of carbonyl (C=O) groups is 1. The minimum atomic E-state index is -0.780. The molecule has 3 nitrogen and oxygen atoms in total. The van der Waals surface area contributed by atoms with Crippen molar-refractivity contribution in [2.45, 2.75) is 40.5 Å². The number of allylic oxidation sites excluding steroid dienone is 1. The summed E-state index contributed by atoms with van der Waals surface area (Å²) in [6, 6.07) is 17.4. The van der Waals surface area contributed by atoms with Crippen molar-refractivity contribution in [3.8, 4) is 17.6 Å². The van der Waals surface area contributed by atoms with E-state index in [-0.39, 0.29) is 5.92 Å². The van der Waals surface area contributed by atoms with Gasteiger partial charge in [-0.15, -0.1) is 0 Å². The van der Waals surface area contributed by atoms with Gasteiger partial charge in [-0.2, -0.15) is 0 Å². The Morgan fingerprint density at radius 2 is 1.71 bits per heavy atom. The van der Waals surface area contributed by atoms with Crippen LogP contribution in [0.3, 0.4) is 0 Å². The third-order valence-electron chi connectivity index (χ3n) is 3.70. The smallest absolute Gasteiger partial charge is 0.306 e. The fourth-order valence-corrected chi connectivity index (χ4v) is 2.17. The molecule has 148 valence electrons. The van der Waals surface area contributed by atoms with Crippen LogP contribution in [-0.4, -0.2) is 17.7 Å². The van der Waals surface area contributed by atoms with E-state index in [1.54, 1.807) is 6.92 Å². The first-order valence-electron chi connectivity index (χ1n) is 9.64. The number of benzene rings is 2. The first-order valence-corrected chi connectivity index (χ1v) is 9.64. The van der Waals surface area contributed by atoms with Crippen molar-refractivity contribution < 1.29 is 14.6 Å². The molecule has 2 rings (SSSR count). The molecule has 1 unspecified atom stereocenters. The molecule has 3 heteroatoms. The summed E-state index contributed by atoms with van der Waals surface area (Å²) >= 11 is 0. The Bertz CT molecular complexity index is 793. The summed E-state index contributed by atoms with van der Waals surface area (Å²) in [4.78, 5) is 10.9. The molecule has 0 bridgehead atoms. The van der Waals surface area contributed by atoms with Crippen molar-refractivity contribution >= 4 is 5.97 Å². The van der Waals surface area contributed by atoms with Gasteiger partial charge < -0.3 is 9.84 Å². The highest BCUT2D eigenvalue weighted by Gasteiger charge is 2.11. The third kappa shape index (κ3) is 9.64. The number of rotatable bonds is 6. The maximum atomic E-state index is 10.9. The van der Waals surface area contributed by atoms with E-state index in [4.69, 9.17) is 9.84 Å². The molecule has 0 aromatic heterocycles. The predicted molar refractivity (Wildman–Crippen MR) is 115 cm³/mol. The van der Waals surface area contributed by atoms with E-state index >= 15 is 0 Å². The van der Waals surface area contributed by atoms with Crippen LogP contribution in [0.5, 0.6) is 5.75 Å². The molecule has 0 aliphatic carbocycles. The van der Waals surface area contributed by atoms with Gasteiger partial charge in [-0.1, -0.05) is 69.4 Å². The van der Waals surface area contributed by atoms with Gasteiger partial charge in [0.25, 0.3) is 0 Å². The summed E-state index contributed by atoms with van der Waals surface area (Å²) in [5.41, 5.74) is 2.93. The molecular formula is C25H30O3. The highest BCUT2D eigenvalue weighted by Crippen LogP contribution is 2.15. The van der Waals surface area contributed by atoms with Crippen molar-refractivity contribution in [1.82, 2.24) is 0 Å². The van der Waals surface area contributed by atoms with Crippen LogP contribution in [0.2, 0.25) is 0 Å². The molecule has 28 heavy (non-hydrogen) atoms. The zero-order valence-corrected chi connectivity index (χ0v) is 17.2. The Labute approximate surface area is 169 Å². The maximum Gasteiger partial charge on any atom is 0.306 e. The Balaban J connectivity index is 0.00000122. The molecule has 0 saturated heterocycles. The van der Waals surface area contributed by atoms with Gasteiger partial charge in [0.1, 0.15) is 12.4 Å². The van der Waals surface area contributed by atoms with Crippen molar-refractivity contribution in [2.24, 2.45) is 5.92 Å². The normalized spacial score (nSPS) is 11.4. The van der Waals surface area contributed by atoms with Crippen LogP contribution in [0.25, 0.3) is 0 Å². The van der Waals surface area contributed by atoms with Gasteiger partial charge >= 0.3 is 5.97 Å². The Hall–Kier alpha value is -2.99. The van der Waals surface area contributed by atoms with Crippen molar-refractivity contribution in [1.29, 1.82) is 0 Å². The van der Waals surface area contributed by atoms with Crippen LogP contribution in [-0.2, 0) is 11.2 Å². The highest BCUT2D eigenvalue weighted by molar-refractivity contribution is 5.69. The Kier molecular flexibility index (Phi) is 10.9. The monoisotopic (exact) mass is 378 g/mol. The summed E-state index contributed by atoms with van der Waals surface area (Å²) in [5, 5.41) is 8.94. The standard InChI is InChI=1S/C22H22O3.C3H8/c1-17(8-9-19-6-4-3-5-7-19)14-15-25-21-12-10-20(11-13-21)16-18(2)22(23)24;1-3-2/h3-7,10-14,18H,15-16H2,1-2H3,(H,23,24);3H2,1-2H3/b17-14+;. The van der Waals surface area contributed by atoms with Gasteiger partial charge in [0.05, 0.1) is 5.92 Å². The first-order chi connectivity index (χ1) is 13.5. The van der Waals surface area contributed by atoms with E-state index in [1.807, 2.05) is 67.6 Å². The summed E-state index contributed by atoms with van der Waals surface area (Å²) in [6.07, 6.45) is 3.71. The molecule has 0 heterocycles. The quantitative estimate of drug-likeness (QED) is 0.652.